The largest absolute Gasteiger partial charge is 0.497 e. The van der Waals surface area contributed by atoms with Crippen LogP contribution in [0, 0.1) is 5.92 Å². The van der Waals surface area contributed by atoms with E-state index < -0.39 is 11.9 Å². The number of rotatable bonds is 5. The lowest BCUT2D eigenvalue weighted by molar-refractivity contribution is -0.141. The van der Waals surface area contributed by atoms with E-state index in [-0.39, 0.29) is 18.4 Å². The van der Waals surface area contributed by atoms with Crippen molar-refractivity contribution in [2.24, 2.45) is 5.92 Å². The lowest BCUT2D eigenvalue weighted by atomic mass is 9.89. The summed E-state index contributed by atoms with van der Waals surface area (Å²) in [6.45, 7) is 2.68. The SMILES string of the molecule is CCc1cc(C(=O)N2C[C@@H](C(=O)O)[C@H](c3cccc(OC)c3)C2)cs1. The Kier molecular flexibility index (Phi) is 5.08. The van der Waals surface area contributed by atoms with E-state index in [2.05, 4.69) is 6.92 Å². The van der Waals surface area contributed by atoms with Crippen LogP contribution in [-0.4, -0.2) is 42.1 Å². The fraction of sp³-hybridized carbons (Fsp3) is 0.368. The minimum absolute atomic E-state index is 0.0902. The Balaban J connectivity index is 1.84. The Labute approximate surface area is 150 Å². The van der Waals surface area contributed by atoms with Crippen LogP contribution in [0.2, 0.25) is 0 Å². The first-order valence-corrected chi connectivity index (χ1v) is 9.15. The molecule has 1 amide bonds. The van der Waals surface area contributed by atoms with E-state index in [0.717, 1.165) is 16.9 Å². The zero-order valence-corrected chi connectivity index (χ0v) is 15.1. The topological polar surface area (TPSA) is 66.8 Å². The summed E-state index contributed by atoms with van der Waals surface area (Å²) >= 11 is 1.57. The number of aliphatic carboxylic acids is 1. The van der Waals surface area contributed by atoms with Crippen molar-refractivity contribution >= 4 is 23.2 Å². The molecule has 0 unspecified atom stereocenters. The molecular weight excluding hydrogens is 338 g/mol. The molecule has 1 saturated heterocycles. The normalized spacial score (nSPS) is 19.8. The summed E-state index contributed by atoms with van der Waals surface area (Å²) in [6, 6.07) is 9.34. The van der Waals surface area contributed by atoms with Gasteiger partial charge in [0.1, 0.15) is 5.75 Å². The fourth-order valence-electron chi connectivity index (χ4n) is 3.29. The number of ether oxygens (including phenoxy) is 1. The lowest BCUT2D eigenvalue weighted by Gasteiger charge is -2.16. The predicted molar refractivity (Wildman–Crippen MR) is 96.5 cm³/mol. The second-order valence-electron chi connectivity index (χ2n) is 6.19. The van der Waals surface area contributed by atoms with Gasteiger partial charge in [-0.3, -0.25) is 9.59 Å². The molecule has 0 radical (unpaired) electrons. The predicted octanol–water partition coefficient (Wildman–Crippen LogP) is 3.26. The lowest BCUT2D eigenvalue weighted by Crippen LogP contribution is -2.29. The Morgan fingerprint density at radius 1 is 1.32 bits per heavy atom. The van der Waals surface area contributed by atoms with E-state index in [1.165, 1.54) is 0 Å². The first kappa shape index (κ1) is 17.5. The molecular formula is C19H21NO4S. The first-order valence-electron chi connectivity index (χ1n) is 8.27. The third-order valence-electron chi connectivity index (χ3n) is 4.70. The number of nitrogens with zero attached hydrogens (tertiary/aromatic N) is 1. The number of likely N-dealkylation sites (tertiary alicyclic amines) is 1. The number of thiophene rings is 1. The van der Waals surface area contributed by atoms with E-state index in [4.69, 9.17) is 4.74 Å². The van der Waals surface area contributed by atoms with Gasteiger partial charge in [0.25, 0.3) is 5.91 Å². The minimum Gasteiger partial charge on any atom is -0.497 e. The molecule has 0 aliphatic carbocycles. The van der Waals surface area contributed by atoms with Crippen molar-refractivity contribution in [2.45, 2.75) is 19.3 Å². The molecule has 0 saturated carbocycles. The van der Waals surface area contributed by atoms with Gasteiger partial charge < -0.3 is 14.7 Å². The molecule has 1 aliphatic rings. The zero-order valence-electron chi connectivity index (χ0n) is 14.3. The number of carboxylic acid groups (broad SMARTS) is 1. The van der Waals surface area contributed by atoms with Crippen LogP contribution in [0.25, 0.3) is 0 Å². The summed E-state index contributed by atoms with van der Waals surface area (Å²) in [7, 11) is 1.58. The Bertz CT molecular complexity index is 785. The highest BCUT2D eigenvalue weighted by molar-refractivity contribution is 7.10. The average molecular weight is 359 g/mol. The van der Waals surface area contributed by atoms with Gasteiger partial charge in [-0.25, -0.2) is 0 Å². The third kappa shape index (κ3) is 3.54. The Morgan fingerprint density at radius 2 is 2.12 bits per heavy atom. The molecule has 1 aromatic heterocycles. The van der Waals surface area contributed by atoms with Crippen molar-refractivity contribution in [3.8, 4) is 5.75 Å². The molecule has 0 spiro atoms. The maximum absolute atomic E-state index is 12.8. The molecule has 2 aromatic rings. The van der Waals surface area contributed by atoms with Gasteiger partial charge in [-0.2, -0.15) is 0 Å². The van der Waals surface area contributed by atoms with Crippen molar-refractivity contribution in [3.63, 3.8) is 0 Å². The molecule has 5 nitrogen and oxygen atoms in total. The highest BCUT2D eigenvalue weighted by Crippen LogP contribution is 2.35. The second-order valence-corrected chi connectivity index (χ2v) is 7.19. The van der Waals surface area contributed by atoms with E-state index in [1.54, 1.807) is 23.3 Å². The molecule has 6 heteroatoms. The molecule has 0 bridgehead atoms. The number of methoxy groups -OCH3 is 1. The molecule has 3 rings (SSSR count). The fourth-order valence-corrected chi connectivity index (χ4v) is 4.10. The van der Waals surface area contributed by atoms with Crippen LogP contribution < -0.4 is 4.74 Å². The molecule has 2 atom stereocenters. The van der Waals surface area contributed by atoms with Gasteiger partial charge in [-0.1, -0.05) is 19.1 Å². The molecule has 1 N–H and O–H groups in total. The highest BCUT2D eigenvalue weighted by Gasteiger charge is 2.40. The van der Waals surface area contributed by atoms with Crippen LogP contribution in [0.5, 0.6) is 5.75 Å². The van der Waals surface area contributed by atoms with Crippen LogP contribution >= 0.6 is 11.3 Å². The van der Waals surface area contributed by atoms with E-state index in [1.807, 2.05) is 35.7 Å². The molecule has 1 aliphatic heterocycles. The summed E-state index contributed by atoms with van der Waals surface area (Å²) < 4.78 is 5.24. The Morgan fingerprint density at radius 3 is 2.76 bits per heavy atom. The van der Waals surface area contributed by atoms with Crippen LogP contribution in [0.1, 0.15) is 33.6 Å². The number of amides is 1. The Hall–Kier alpha value is -2.34. The van der Waals surface area contributed by atoms with Gasteiger partial charge in [-0.15, -0.1) is 11.3 Å². The highest BCUT2D eigenvalue weighted by atomic mass is 32.1. The first-order chi connectivity index (χ1) is 12.0. The van der Waals surface area contributed by atoms with Crippen molar-refractivity contribution in [1.29, 1.82) is 0 Å². The number of carbonyl (C=O) groups excluding carboxylic acids is 1. The van der Waals surface area contributed by atoms with Crippen LogP contribution in [0.3, 0.4) is 0 Å². The number of hydrogen-bond acceptors (Lipinski definition) is 4. The number of aryl methyl sites for hydroxylation is 1. The summed E-state index contributed by atoms with van der Waals surface area (Å²) in [5, 5.41) is 11.5. The molecule has 1 fully saturated rings. The number of benzene rings is 1. The quantitative estimate of drug-likeness (QED) is 0.890. The number of hydrogen-bond donors (Lipinski definition) is 1. The summed E-state index contributed by atoms with van der Waals surface area (Å²) in [6.07, 6.45) is 0.891. The maximum atomic E-state index is 12.8. The molecule has 2 heterocycles. The van der Waals surface area contributed by atoms with Gasteiger partial charge in [0.15, 0.2) is 0 Å². The van der Waals surface area contributed by atoms with Gasteiger partial charge in [-0.05, 0) is 30.2 Å². The van der Waals surface area contributed by atoms with Gasteiger partial charge in [0.05, 0.1) is 18.6 Å². The zero-order chi connectivity index (χ0) is 18.0. The number of carboxylic acids is 1. The van der Waals surface area contributed by atoms with Crippen molar-refractivity contribution in [2.75, 3.05) is 20.2 Å². The smallest absolute Gasteiger partial charge is 0.308 e. The van der Waals surface area contributed by atoms with Crippen molar-refractivity contribution < 1.29 is 19.4 Å². The minimum atomic E-state index is -0.873. The van der Waals surface area contributed by atoms with Crippen LogP contribution in [0.15, 0.2) is 35.7 Å². The van der Waals surface area contributed by atoms with Crippen LogP contribution in [0.4, 0.5) is 0 Å². The van der Waals surface area contributed by atoms with Gasteiger partial charge in [0, 0.05) is 29.3 Å². The third-order valence-corrected chi connectivity index (χ3v) is 5.78. The number of carbonyl (C=O) groups is 2. The van der Waals surface area contributed by atoms with Gasteiger partial charge >= 0.3 is 5.97 Å². The molecule has 25 heavy (non-hydrogen) atoms. The second kappa shape index (κ2) is 7.27. The standard InChI is InChI=1S/C19H21NO4S/c1-3-15-8-13(11-25-15)18(21)20-9-16(17(10-20)19(22)23)12-5-4-6-14(7-12)24-2/h4-8,11,16-17H,3,9-10H2,1-2H3,(H,22,23)/t16-,17+/m0/s1. The summed E-state index contributed by atoms with van der Waals surface area (Å²) in [5.74, 6) is -1.12. The molecule has 1 aromatic carbocycles. The maximum Gasteiger partial charge on any atom is 0.308 e. The van der Waals surface area contributed by atoms with E-state index in [9.17, 15) is 14.7 Å². The van der Waals surface area contributed by atoms with Gasteiger partial charge in [0.2, 0.25) is 0 Å². The summed E-state index contributed by atoms with van der Waals surface area (Å²) in [4.78, 5) is 27.3. The average Bonchev–Trinajstić information content (AvgIpc) is 3.28. The van der Waals surface area contributed by atoms with Crippen LogP contribution in [-0.2, 0) is 11.2 Å². The van der Waals surface area contributed by atoms with Crippen molar-refractivity contribution in [3.05, 3.63) is 51.7 Å². The van der Waals surface area contributed by atoms with E-state index >= 15 is 0 Å². The molecule has 132 valence electrons. The summed E-state index contributed by atoms with van der Waals surface area (Å²) in [5.41, 5.74) is 1.54. The van der Waals surface area contributed by atoms with E-state index in [0.29, 0.717) is 17.9 Å². The van der Waals surface area contributed by atoms with Crippen molar-refractivity contribution in [1.82, 2.24) is 4.90 Å². The monoisotopic (exact) mass is 359 g/mol.